The van der Waals surface area contributed by atoms with Crippen molar-refractivity contribution in [3.8, 4) is 5.75 Å². The van der Waals surface area contributed by atoms with Gasteiger partial charge in [0, 0.05) is 5.69 Å². The topological polar surface area (TPSA) is 69.6 Å². The molecule has 0 aromatic heterocycles. The first-order valence-electron chi connectivity index (χ1n) is 7.46. The predicted molar refractivity (Wildman–Crippen MR) is 89.1 cm³/mol. The first kappa shape index (κ1) is 18.1. The van der Waals surface area contributed by atoms with Gasteiger partial charge in [-0.3, -0.25) is 9.59 Å². The number of halogens is 4. The van der Waals surface area contributed by atoms with Crippen LogP contribution in [0.4, 0.5) is 24.5 Å². The van der Waals surface area contributed by atoms with Crippen molar-refractivity contribution >= 4 is 34.8 Å². The van der Waals surface area contributed by atoms with Crippen LogP contribution in [0.25, 0.3) is 0 Å². The van der Waals surface area contributed by atoms with E-state index in [0.29, 0.717) is 0 Å². The summed E-state index contributed by atoms with van der Waals surface area (Å²) in [6, 6.07) is 7.62. The quantitative estimate of drug-likeness (QED) is 0.790. The molecule has 2 amide bonds. The summed E-state index contributed by atoms with van der Waals surface area (Å²) in [5.74, 6) is -1.12. The molecule has 1 unspecified atom stereocenters. The highest BCUT2D eigenvalue weighted by Gasteiger charge is 2.40. The summed E-state index contributed by atoms with van der Waals surface area (Å²) in [6.45, 7) is 0. The molecule has 1 aliphatic heterocycles. The van der Waals surface area contributed by atoms with E-state index in [1.165, 1.54) is 30.3 Å². The fourth-order valence-electron chi connectivity index (χ4n) is 2.65. The highest BCUT2D eigenvalue weighted by atomic mass is 35.5. The SMILES string of the molecule is O=C1CC(Nc2ccc(Cl)c(C(F)(F)F)c2)C(=O)N1c1ccc(O)cc1. The second kappa shape index (κ2) is 6.53. The van der Waals surface area contributed by atoms with E-state index in [4.69, 9.17) is 11.6 Å². The maximum absolute atomic E-state index is 12.9. The molecule has 1 aliphatic rings. The van der Waals surface area contributed by atoms with Gasteiger partial charge in [0.05, 0.1) is 22.7 Å². The Balaban J connectivity index is 1.83. The average molecular weight is 385 g/mol. The van der Waals surface area contributed by atoms with Crippen LogP contribution < -0.4 is 10.2 Å². The summed E-state index contributed by atoms with van der Waals surface area (Å²) in [5, 5.41) is 11.5. The van der Waals surface area contributed by atoms with E-state index in [9.17, 15) is 27.9 Å². The largest absolute Gasteiger partial charge is 0.508 e. The monoisotopic (exact) mass is 384 g/mol. The summed E-state index contributed by atoms with van der Waals surface area (Å²) in [7, 11) is 0. The van der Waals surface area contributed by atoms with Crippen LogP contribution in [0.5, 0.6) is 5.75 Å². The second-order valence-corrected chi connectivity index (χ2v) is 6.08. The molecule has 5 nitrogen and oxygen atoms in total. The number of alkyl halides is 3. The minimum Gasteiger partial charge on any atom is -0.508 e. The molecule has 2 aromatic carbocycles. The van der Waals surface area contributed by atoms with Crippen molar-refractivity contribution in [1.29, 1.82) is 0 Å². The van der Waals surface area contributed by atoms with Crippen LogP contribution in [-0.2, 0) is 15.8 Å². The van der Waals surface area contributed by atoms with Crippen molar-refractivity contribution in [2.75, 3.05) is 10.2 Å². The van der Waals surface area contributed by atoms with E-state index in [2.05, 4.69) is 5.32 Å². The zero-order chi connectivity index (χ0) is 19.1. The lowest BCUT2D eigenvalue weighted by molar-refractivity contribution is -0.137. The van der Waals surface area contributed by atoms with E-state index in [1.54, 1.807) is 0 Å². The molecular weight excluding hydrogens is 373 g/mol. The number of phenols is 1. The molecule has 0 spiro atoms. The summed E-state index contributed by atoms with van der Waals surface area (Å²) < 4.78 is 38.8. The molecule has 0 aliphatic carbocycles. The summed E-state index contributed by atoms with van der Waals surface area (Å²) in [5.41, 5.74) is -0.731. The number of hydrogen-bond donors (Lipinski definition) is 2. The normalized spacial score (nSPS) is 17.7. The van der Waals surface area contributed by atoms with Gasteiger partial charge in [0.1, 0.15) is 11.8 Å². The van der Waals surface area contributed by atoms with Gasteiger partial charge in [-0.15, -0.1) is 0 Å². The molecule has 0 saturated carbocycles. The maximum Gasteiger partial charge on any atom is 0.417 e. The van der Waals surface area contributed by atoms with Crippen LogP contribution >= 0.6 is 11.6 Å². The van der Waals surface area contributed by atoms with Gasteiger partial charge in [0.25, 0.3) is 5.91 Å². The first-order chi connectivity index (χ1) is 12.2. The number of anilines is 2. The third kappa shape index (κ3) is 3.45. The zero-order valence-corrected chi connectivity index (χ0v) is 13.8. The van der Waals surface area contributed by atoms with Gasteiger partial charge >= 0.3 is 6.18 Å². The molecule has 1 atom stereocenters. The molecule has 0 radical (unpaired) electrons. The fourth-order valence-corrected chi connectivity index (χ4v) is 2.88. The fraction of sp³-hybridized carbons (Fsp3) is 0.176. The smallest absolute Gasteiger partial charge is 0.417 e. The van der Waals surface area contributed by atoms with Crippen LogP contribution in [0.2, 0.25) is 5.02 Å². The third-order valence-corrected chi connectivity index (χ3v) is 4.20. The van der Waals surface area contributed by atoms with E-state index < -0.39 is 34.6 Å². The van der Waals surface area contributed by atoms with Crippen molar-refractivity contribution < 1.29 is 27.9 Å². The Bertz CT molecular complexity index is 869. The number of phenolic OH excluding ortho intramolecular Hbond substituents is 1. The maximum atomic E-state index is 12.9. The highest BCUT2D eigenvalue weighted by molar-refractivity contribution is 6.31. The number of rotatable bonds is 3. The molecular formula is C17H12ClF3N2O3. The molecule has 2 aromatic rings. The minimum absolute atomic E-state index is 0.0247. The number of hydrogen-bond acceptors (Lipinski definition) is 4. The highest BCUT2D eigenvalue weighted by Crippen LogP contribution is 2.36. The Kier molecular flexibility index (Phi) is 4.53. The standard InChI is InChI=1S/C17H12ClF3N2O3/c18-13-6-1-9(7-12(13)17(19,20)21)22-14-8-15(25)23(16(14)26)10-2-4-11(24)5-3-10/h1-7,14,22,24H,8H2. The summed E-state index contributed by atoms with van der Waals surface area (Å²) in [6.07, 6.45) is -4.84. The Morgan fingerprint density at radius 1 is 1.12 bits per heavy atom. The molecule has 1 fully saturated rings. The molecule has 1 heterocycles. The van der Waals surface area contributed by atoms with Gasteiger partial charge in [-0.05, 0) is 42.5 Å². The molecule has 2 N–H and O–H groups in total. The molecule has 1 saturated heterocycles. The van der Waals surface area contributed by atoms with Crippen LogP contribution in [0.3, 0.4) is 0 Å². The lowest BCUT2D eigenvalue weighted by atomic mass is 10.1. The number of benzene rings is 2. The second-order valence-electron chi connectivity index (χ2n) is 5.68. The Hall–Kier alpha value is -2.74. The van der Waals surface area contributed by atoms with Gasteiger partial charge in [0.2, 0.25) is 5.91 Å². The first-order valence-corrected chi connectivity index (χ1v) is 7.84. The molecule has 136 valence electrons. The van der Waals surface area contributed by atoms with Gasteiger partial charge in [-0.25, -0.2) is 4.90 Å². The molecule has 3 rings (SSSR count). The number of nitrogens with one attached hydrogen (secondary N) is 1. The van der Waals surface area contributed by atoms with Crippen molar-refractivity contribution in [3.63, 3.8) is 0 Å². The number of aromatic hydroxyl groups is 1. The minimum atomic E-state index is -4.64. The molecule has 0 bridgehead atoms. The molecule has 9 heteroatoms. The van der Waals surface area contributed by atoms with Crippen LogP contribution in [-0.4, -0.2) is 23.0 Å². The van der Waals surface area contributed by atoms with Gasteiger partial charge in [0.15, 0.2) is 0 Å². The Morgan fingerprint density at radius 2 is 1.77 bits per heavy atom. The van der Waals surface area contributed by atoms with Crippen LogP contribution in [0.1, 0.15) is 12.0 Å². The summed E-state index contributed by atoms with van der Waals surface area (Å²) in [4.78, 5) is 25.6. The predicted octanol–water partition coefficient (Wildman–Crippen LogP) is 3.81. The van der Waals surface area contributed by atoms with E-state index >= 15 is 0 Å². The van der Waals surface area contributed by atoms with E-state index in [0.717, 1.165) is 17.0 Å². The van der Waals surface area contributed by atoms with Gasteiger partial charge in [-0.1, -0.05) is 11.6 Å². The van der Waals surface area contributed by atoms with Crippen molar-refractivity contribution in [2.24, 2.45) is 0 Å². The van der Waals surface area contributed by atoms with E-state index in [1.807, 2.05) is 0 Å². The Morgan fingerprint density at radius 3 is 2.38 bits per heavy atom. The number of imide groups is 1. The lowest BCUT2D eigenvalue weighted by Crippen LogP contribution is -2.34. The number of amides is 2. The van der Waals surface area contributed by atoms with Crippen LogP contribution in [0.15, 0.2) is 42.5 Å². The van der Waals surface area contributed by atoms with Crippen LogP contribution in [0, 0.1) is 0 Å². The van der Waals surface area contributed by atoms with E-state index in [-0.39, 0.29) is 23.5 Å². The molecule has 26 heavy (non-hydrogen) atoms. The zero-order valence-electron chi connectivity index (χ0n) is 13.0. The van der Waals surface area contributed by atoms with Crippen molar-refractivity contribution in [3.05, 3.63) is 53.1 Å². The number of nitrogens with zero attached hydrogens (tertiary/aromatic N) is 1. The van der Waals surface area contributed by atoms with Crippen molar-refractivity contribution in [1.82, 2.24) is 0 Å². The lowest BCUT2D eigenvalue weighted by Gasteiger charge is -2.17. The van der Waals surface area contributed by atoms with Crippen molar-refractivity contribution in [2.45, 2.75) is 18.6 Å². The number of carbonyl (C=O) groups excluding carboxylic acids is 2. The number of carbonyl (C=O) groups is 2. The van der Waals surface area contributed by atoms with Gasteiger partial charge < -0.3 is 10.4 Å². The average Bonchev–Trinajstić information content (AvgIpc) is 2.83. The third-order valence-electron chi connectivity index (χ3n) is 3.87. The van der Waals surface area contributed by atoms with Gasteiger partial charge in [-0.2, -0.15) is 13.2 Å². The Labute approximate surface area is 151 Å². The summed E-state index contributed by atoms with van der Waals surface area (Å²) >= 11 is 5.57.